The lowest BCUT2D eigenvalue weighted by atomic mass is 10.0. The second kappa shape index (κ2) is 13.6. The molecule has 4 aromatic carbocycles. The van der Waals surface area contributed by atoms with Gasteiger partial charge in [-0.3, -0.25) is 4.72 Å². The summed E-state index contributed by atoms with van der Waals surface area (Å²) in [5, 5.41) is 1.03. The first-order valence-corrected chi connectivity index (χ1v) is 16.3. The number of nitrogens with zero attached hydrogens (tertiary/aromatic N) is 2. The minimum absolute atomic E-state index is 0.366. The molecule has 1 heterocycles. The van der Waals surface area contributed by atoms with E-state index in [-0.39, 0.29) is 0 Å². The summed E-state index contributed by atoms with van der Waals surface area (Å²) in [6, 6.07) is 25.7. The van der Waals surface area contributed by atoms with E-state index in [0.29, 0.717) is 45.1 Å². The maximum atomic E-state index is 11.9. The van der Waals surface area contributed by atoms with Gasteiger partial charge in [0.2, 0.25) is 10.0 Å². The Morgan fingerprint density at radius 2 is 1.62 bits per heavy atom. The number of imidazole rings is 1. The van der Waals surface area contributed by atoms with E-state index in [9.17, 15) is 13.2 Å². The van der Waals surface area contributed by atoms with Crippen LogP contribution < -0.4 is 9.46 Å². The molecule has 1 N–H and O–H groups in total. The van der Waals surface area contributed by atoms with Gasteiger partial charge in [0, 0.05) is 23.3 Å². The van der Waals surface area contributed by atoms with Crippen LogP contribution in [0.2, 0.25) is 10.0 Å². The highest BCUT2D eigenvalue weighted by Gasteiger charge is 2.13. The number of hydrogen-bond acceptors (Lipinski definition) is 6. The van der Waals surface area contributed by atoms with Crippen molar-refractivity contribution in [1.82, 2.24) is 9.55 Å². The number of hydrogen-bond donors (Lipinski definition) is 1. The third kappa shape index (κ3) is 7.94. The Bertz CT molecular complexity index is 1990. The van der Waals surface area contributed by atoms with Crippen LogP contribution in [0.5, 0.6) is 5.75 Å². The number of ether oxygens (including phenoxy) is 2. The van der Waals surface area contributed by atoms with Crippen molar-refractivity contribution < 1.29 is 22.7 Å². The molecule has 0 saturated carbocycles. The van der Waals surface area contributed by atoms with Gasteiger partial charge in [-0.1, -0.05) is 71.7 Å². The summed E-state index contributed by atoms with van der Waals surface area (Å²) in [5.41, 5.74) is 5.92. The highest BCUT2D eigenvalue weighted by molar-refractivity contribution is 7.92. The summed E-state index contributed by atoms with van der Waals surface area (Å²) in [4.78, 5) is 16.7. The van der Waals surface area contributed by atoms with Crippen molar-refractivity contribution >= 4 is 57.0 Å². The van der Waals surface area contributed by atoms with E-state index < -0.39 is 16.0 Å². The van der Waals surface area contributed by atoms with Gasteiger partial charge < -0.3 is 14.0 Å². The number of aromatic nitrogens is 2. The second-order valence-corrected chi connectivity index (χ2v) is 12.8. The molecular formula is C34H29Cl2N3O5S. The molecule has 45 heavy (non-hydrogen) atoms. The van der Waals surface area contributed by atoms with Crippen LogP contribution in [-0.2, 0) is 21.3 Å². The summed E-state index contributed by atoms with van der Waals surface area (Å²) in [6.07, 6.45) is 6.91. The SMILES string of the molecule is COC(=O)c1ccc(Cn2cc(-c3ccc(Cl)cc3Cl)nc2C=Cc2ccc(-c3ccc(OC)c(NS(C)(=O)=O)c3)cc2)cc1. The summed E-state index contributed by atoms with van der Waals surface area (Å²) >= 11 is 12.6. The number of rotatable bonds is 10. The van der Waals surface area contributed by atoms with Crippen LogP contribution in [0.15, 0.2) is 91.1 Å². The van der Waals surface area contributed by atoms with E-state index in [1.54, 1.807) is 36.4 Å². The number of carbonyl (C=O) groups is 1. The molecule has 0 spiro atoms. The van der Waals surface area contributed by atoms with E-state index in [2.05, 4.69) is 4.72 Å². The summed E-state index contributed by atoms with van der Waals surface area (Å²) in [7, 11) is -0.637. The minimum Gasteiger partial charge on any atom is -0.495 e. The average Bonchev–Trinajstić information content (AvgIpc) is 3.41. The van der Waals surface area contributed by atoms with Crippen molar-refractivity contribution in [3.05, 3.63) is 124 Å². The molecule has 0 saturated heterocycles. The molecule has 0 aliphatic rings. The lowest BCUT2D eigenvalue weighted by molar-refractivity contribution is 0.0600. The fourth-order valence-electron chi connectivity index (χ4n) is 4.70. The Balaban J connectivity index is 1.43. The van der Waals surface area contributed by atoms with Crippen molar-refractivity contribution in [2.45, 2.75) is 6.54 Å². The van der Waals surface area contributed by atoms with E-state index in [1.807, 2.05) is 71.4 Å². The van der Waals surface area contributed by atoms with Gasteiger partial charge in [-0.2, -0.15) is 0 Å². The second-order valence-electron chi connectivity index (χ2n) is 10.2. The molecule has 0 atom stereocenters. The van der Waals surface area contributed by atoms with Crippen LogP contribution >= 0.6 is 23.2 Å². The first-order chi connectivity index (χ1) is 21.5. The van der Waals surface area contributed by atoms with Gasteiger partial charge in [0.05, 0.1) is 42.4 Å². The largest absolute Gasteiger partial charge is 0.495 e. The molecule has 230 valence electrons. The van der Waals surface area contributed by atoms with Crippen molar-refractivity contribution in [2.75, 3.05) is 25.2 Å². The zero-order valence-electron chi connectivity index (χ0n) is 24.6. The van der Waals surface area contributed by atoms with Gasteiger partial charge in [0.1, 0.15) is 11.6 Å². The van der Waals surface area contributed by atoms with Gasteiger partial charge in [-0.15, -0.1) is 0 Å². The molecule has 0 fully saturated rings. The van der Waals surface area contributed by atoms with E-state index in [1.165, 1.54) is 14.2 Å². The summed E-state index contributed by atoms with van der Waals surface area (Å²) < 4.78 is 38.3. The number of nitrogens with one attached hydrogen (secondary N) is 1. The predicted molar refractivity (Wildman–Crippen MR) is 180 cm³/mol. The van der Waals surface area contributed by atoms with Gasteiger partial charge in [0.15, 0.2) is 0 Å². The predicted octanol–water partition coefficient (Wildman–Crippen LogP) is 7.91. The van der Waals surface area contributed by atoms with E-state index >= 15 is 0 Å². The number of esters is 1. The van der Waals surface area contributed by atoms with Gasteiger partial charge in [0.25, 0.3) is 0 Å². The van der Waals surface area contributed by atoms with Crippen molar-refractivity contribution in [3.8, 4) is 28.1 Å². The Kier molecular flexibility index (Phi) is 9.63. The number of halogens is 2. The molecule has 5 aromatic rings. The quantitative estimate of drug-likeness (QED) is 0.153. The highest BCUT2D eigenvalue weighted by atomic mass is 35.5. The molecule has 0 amide bonds. The monoisotopic (exact) mass is 661 g/mol. The lowest BCUT2D eigenvalue weighted by Gasteiger charge is -2.12. The third-order valence-corrected chi connectivity index (χ3v) is 8.04. The van der Waals surface area contributed by atoms with Crippen LogP contribution in [-0.4, -0.2) is 44.4 Å². The molecule has 1 aromatic heterocycles. The fraction of sp³-hybridized carbons (Fsp3) is 0.118. The lowest BCUT2D eigenvalue weighted by Crippen LogP contribution is -2.10. The number of anilines is 1. The Hall–Kier alpha value is -4.57. The van der Waals surface area contributed by atoms with Gasteiger partial charge in [-0.05, 0) is 70.8 Å². The van der Waals surface area contributed by atoms with Gasteiger partial charge in [-0.25, -0.2) is 18.2 Å². The normalized spacial score (nSPS) is 11.5. The molecule has 8 nitrogen and oxygen atoms in total. The summed E-state index contributed by atoms with van der Waals surface area (Å²) in [5.74, 6) is 0.734. The number of methoxy groups -OCH3 is 2. The molecule has 5 rings (SSSR count). The highest BCUT2D eigenvalue weighted by Crippen LogP contribution is 2.32. The van der Waals surface area contributed by atoms with Crippen LogP contribution in [0.1, 0.15) is 27.3 Å². The molecular weight excluding hydrogens is 633 g/mol. The maximum Gasteiger partial charge on any atom is 0.337 e. The van der Waals surface area contributed by atoms with Crippen LogP contribution in [0.3, 0.4) is 0 Å². The topological polar surface area (TPSA) is 99.5 Å². The molecule has 0 unspecified atom stereocenters. The Morgan fingerprint density at radius 1 is 0.911 bits per heavy atom. The molecule has 0 aliphatic heterocycles. The van der Waals surface area contributed by atoms with Crippen molar-refractivity contribution in [1.29, 1.82) is 0 Å². The van der Waals surface area contributed by atoms with Crippen LogP contribution in [0.4, 0.5) is 5.69 Å². The molecule has 0 bridgehead atoms. The fourth-order valence-corrected chi connectivity index (χ4v) is 5.77. The standard InChI is InChI=1S/C34H29Cl2N3O5S/c1-43-32-16-13-26(18-30(32)38-45(3,41)42)24-9-4-22(5-10-24)8-17-33-37-31(28-15-14-27(35)19-29(28)36)21-39(33)20-23-6-11-25(12-7-23)34(40)44-2/h4-19,21,38H,20H2,1-3H3. The van der Waals surface area contributed by atoms with Crippen LogP contribution in [0.25, 0.3) is 34.5 Å². The Morgan fingerprint density at radius 3 is 2.27 bits per heavy atom. The minimum atomic E-state index is -3.48. The number of sulfonamides is 1. The smallest absolute Gasteiger partial charge is 0.337 e. The molecule has 11 heteroatoms. The van der Waals surface area contributed by atoms with E-state index in [4.69, 9.17) is 37.7 Å². The van der Waals surface area contributed by atoms with Crippen molar-refractivity contribution in [3.63, 3.8) is 0 Å². The zero-order chi connectivity index (χ0) is 32.1. The first kappa shape index (κ1) is 31.8. The number of benzene rings is 4. The zero-order valence-corrected chi connectivity index (χ0v) is 27.0. The summed E-state index contributed by atoms with van der Waals surface area (Å²) in [6.45, 7) is 0.500. The van der Waals surface area contributed by atoms with Crippen molar-refractivity contribution in [2.24, 2.45) is 0 Å². The Labute approximate surface area is 271 Å². The van der Waals surface area contributed by atoms with Crippen LogP contribution in [0, 0.1) is 0 Å². The third-order valence-electron chi connectivity index (χ3n) is 6.91. The average molecular weight is 663 g/mol. The van der Waals surface area contributed by atoms with Gasteiger partial charge >= 0.3 is 5.97 Å². The van der Waals surface area contributed by atoms with E-state index in [0.717, 1.165) is 34.1 Å². The molecule has 0 radical (unpaired) electrons. The molecule has 0 aliphatic carbocycles. The number of carbonyl (C=O) groups excluding carboxylic acids is 1. The maximum absolute atomic E-state index is 11.9. The first-order valence-electron chi connectivity index (χ1n) is 13.7.